The molecule has 2 bridgehead atoms. The maximum Gasteiger partial charge on any atom is 0.286 e. The second-order valence-electron chi connectivity index (χ2n) is 14.4. The summed E-state index contributed by atoms with van der Waals surface area (Å²) in [6.07, 6.45) is 11.2. The topological polar surface area (TPSA) is 115 Å². The second kappa shape index (κ2) is 14.0. The van der Waals surface area contributed by atoms with Gasteiger partial charge in [-0.25, -0.2) is 4.21 Å². The summed E-state index contributed by atoms with van der Waals surface area (Å²) in [4.78, 5) is 29.7. The number of benzene rings is 2. The number of hydrogen-bond donors (Lipinski definition) is 1. The molecule has 1 fully saturated rings. The summed E-state index contributed by atoms with van der Waals surface area (Å²) in [7, 11) is -0.205. The van der Waals surface area contributed by atoms with Gasteiger partial charge in [-0.2, -0.15) is 5.10 Å². The van der Waals surface area contributed by atoms with Crippen molar-refractivity contribution in [3.63, 3.8) is 0 Å². The highest BCUT2D eigenvalue weighted by Crippen LogP contribution is 2.47. The van der Waals surface area contributed by atoms with Crippen LogP contribution in [0.5, 0.6) is 5.75 Å². The minimum atomic E-state index is -3.59. The van der Waals surface area contributed by atoms with Crippen LogP contribution in [0.25, 0.3) is 0 Å². The fraction of sp³-hybridized carbons (Fsp3) is 0.486. The molecule has 3 heterocycles. The molecule has 2 aromatic carbocycles. The van der Waals surface area contributed by atoms with Gasteiger partial charge in [-0.15, -0.1) is 4.36 Å². The first-order valence-corrected chi connectivity index (χ1v) is 19.7. The zero-order valence-electron chi connectivity index (χ0n) is 28.6. The molecule has 2 amide bonds. The number of rotatable bonds is 3. The number of halogens is 2. The predicted molar refractivity (Wildman–Crippen MR) is 196 cm³/mol. The van der Waals surface area contributed by atoms with Gasteiger partial charge in [0.25, 0.3) is 11.8 Å². The predicted octanol–water partition coefficient (Wildman–Crippen LogP) is 6.79. The lowest BCUT2D eigenvalue weighted by molar-refractivity contribution is 0.0131. The molecule has 4 aliphatic rings. The number of fused-ring (bicyclic) bond motifs is 4. The van der Waals surface area contributed by atoms with Crippen LogP contribution in [0, 0.1) is 17.8 Å². The maximum atomic E-state index is 14.5. The monoisotopic (exact) mass is 739 g/mol. The average molecular weight is 741 g/mol. The van der Waals surface area contributed by atoms with Crippen molar-refractivity contribution in [2.75, 3.05) is 37.5 Å². The van der Waals surface area contributed by atoms with Gasteiger partial charge in [-0.3, -0.25) is 19.0 Å². The van der Waals surface area contributed by atoms with Gasteiger partial charge in [0.05, 0.1) is 29.7 Å². The van der Waals surface area contributed by atoms with E-state index in [-0.39, 0.29) is 39.5 Å². The van der Waals surface area contributed by atoms with Gasteiger partial charge in [0.2, 0.25) is 0 Å². The number of nitrogens with zero attached hydrogens (tertiary/aromatic N) is 4. The second-order valence-corrected chi connectivity index (χ2v) is 17.2. The number of ether oxygens (including phenoxy) is 2. The summed E-state index contributed by atoms with van der Waals surface area (Å²) >= 11 is 12.6. The molecule has 1 unspecified atom stereocenters. The number of nitrogens with one attached hydrogen (secondary N) is 1. The summed E-state index contributed by atoms with van der Waals surface area (Å²) < 4.78 is 35.3. The Labute approximate surface area is 303 Å². The number of allylic oxidation sites excluding steroid dienone is 1. The standard InChI is InChI=1S/C37H43Cl2N5O5S/c1-23-6-4-8-32(48-3)28-12-9-26(28)18-44-21-37(15-5-7-24-16-27(38)11-13-30(24)37)22-49-33-14-10-25(17-31(33)44)35(45)41-50(47,20-23)42-36(46)29-19-43(2)40-34(29)39/h4,8,10-11,13-14,16-17,19,23,26,28,32H,5-7,9,12,15,18,20-22H2,1-3H3,(H,41,42,45,46,47)/b8-4-/t23-,26-,28+,32-,37-,50?/m0/s1. The molecule has 1 N–H and O–H groups in total. The van der Waals surface area contributed by atoms with Crippen molar-refractivity contribution in [1.82, 2.24) is 14.5 Å². The van der Waals surface area contributed by atoms with E-state index in [4.69, 9.17) is 32.7 Å². The first-order chi connectivity index (χ1) is 24.0. The van der Waals surface area contributed by atoms with E-state index in [1.54, 1.807) is 20.2 Å². The van der Waals surface area contributed by atoms with Crippen molar-refractivity contribution in [1.29, 1.82) is 0 Å². The van der Waals surface area contributed by atoms with Gasteiger partial charge in [-0.05, 0) is 97.7 Å². The lowest BCUT2D eigenvalue weighted by Gasteiger charge is -2.46. The van der Waals surface area contributed by atoms with E-state index in [1.807, 2.05) is 25.1 Å². The number of carbonyl (C=O) groups excluding carboxylic acids is 2. The van der Waals surface area contributed by atoms with Gasteiger partial charge < -0.3 is 14.4 Å². The molecule has 0 saturated heterocycles. The van der Waals surface area contributed by atoms with Crippen molar-refractivity contribution in [3.8, 4) is 5.75 Å². The highest BCUT2D eigenvalue weighted by Gasteiger charge is 2.44. The molecule has 6 atom stereocenters. The Morgan fingerprint density at radius 1 is 1.18 bits per heavy atom. The Morgan fingerprint density at radius 3 is 2.76 bits per heavy atom. The van der Waals surface area contributed by atoms with Crippen LogP contribution in [0.15, 0.2) is 59.1 Å². The van der Waals surface area contributed by atoms with E-state index in [9.17, 15) is 13.8 Å². The molecular formula is C37H43Cl2N5O5S. The molecule has 2 aliphatic carbocycles. The fourth-order valence-electron chi connectivity index (χ4n) is 8.18. The highest BCUT2D eigenvalue weighted by atomic mass is 35.5. The van der Waals surface area contributed by atoms with Crippen LogP contribution < -0.4 is 14.4 Å². The molecule has 2 aliphatic heterocycles. The third-order valence-corrected chi connectivity index (χ3v) is 13.3. The van der Waals surface area contributed by atoms with E-state index in [0.29, 0.717) is 37.2 Å². The normalized spacial score (nSPS) is 30.2. The molecule has 13 heteroatoms. The summed E-state index contributed by atoms with van der Waals surface area (Å²) in [6.45, 7) is 3.89. The van der Waals surface area contributed by atoms with Crippen molar-refractivity contribution in [2.45, 2.75) is 57.0 Å². The minimum absolute atomic E-state index is 0.0317. The largest absolute Gasteiger partial charge is 0.490 e. The van der Waals surface area contributed by atoms with E-state index in [2.05, 4.69) is 43.4 Å². The molecule has 1 saturated carbocycles. The third-order valence-electron chi connectivity index (χ3n) is 10.8. The Kier molecular flexibility index (Phi) is 9.79. The molecule has 266 valence electrons. The van der Waals surface area contributed by atoms with Crippen molar-refractivity contribution in [2.24, 2.45) is 29.2 Å². The lowest BCUT2D eigenvalue weighted by atomic mass is 9.68. The molecule has 10 nitrogen and oxygen atoms in total. The fourth-order valence-corrected chi connectivity index (χ4v) is 10.5. The van der Waals surface area contributed by atoms with E-state index < -0.39 is 21.7 Å². The Bertz CT molecular complexity index is 1970. The van der Waals surface area contributed by atoms with Crippen LogP contribution in [-0.4, -0.2) is 64.5 Å². The summed E-state index contributed by atoms with van der Waals surface area (Å²) in [5.74, 6) is -0.211. The number of aromatic nitrogens is 2. The van der Waals surface area contributed by atoms with Crippen molar-refractivity contribution in [3.05, 3.63) is 87.2 Å². The van der Waals surface area contributed by atoms with Crippen molar-refractivity contribution >= 4 is 50.6 Å². The number of methoxy groups -OCH3 is 1. The average Bonchev–Trinajstić information content (AvgIpc) is 3.33. The lowest BCUT2D eigenvalue weighted by Crippen LogP contribution is -2.49. The van der Waals surface area contributed by atoms with Crippen LogP contribution in [0.4, 0.5) is 5.69 Å². The third kappa shape index (κ3) is 6.94. The molecule has 1 spiro atoms. The van der Waals surface area contributed by atoms with Gasteiger partial charge >= 0.3 is 0 Å². The molecule has 0 radical (unpaired) electrons. The van der Waals surface area contributed by atoms with Gasteiger partial charge in [0, 0.05) is 49.4 Å². The highest BCUT2D eigenvalue weighted by molar-refractivity contribution is 7.92. The molecule has 7 rings (SSSR count). The van der Waals surface area contributed by atoms with Crippen LogP contribution in [-0.2, 0) is 33.5 Å². The Hall–Kier alpha value is -3.38. The van der Waals surface area contributed by atoms with Gasteiger partial charge in [0.1, 0.15) is 15.7 Å². The first kappa shape index (κ1) is 35.0. The van der Waals surface area contributed by atoms with Crippen molar-refractivity contribution < 1.29 is 23.3 Å². The number of carbonyl (C=O) groups is 2. The maximum absolute atomic E-state index is 14.5. The van der Waals surface area contributed by atoms with Crippen LogP contribution in [0.2, 0.25) is 10.2 Å². The molecular weight excluding hydrogens is 697 g/mol. The van der Waals surface area contributed by atoms with E-state index in [1.165, 1.54) is 22.0 Å². The van der Waals surface area contributed by atoms with E-state index >= 15 is 0 Å². The SMILES string of the molecule is CO[C@H]1/C=C\C[C@H](C)CS(=O)(NC(=O)c2cn(C)nc2Cl)=NC(=O)c2ccc3c(c2)N(C[C@@H]2CC[C@H]21)C[C@@]1(CCCc2cc(Cl)ccc21)CO3. The molecule has 1 aromatic heterocycles. The number of amides is 2. The molecule has 50 heavy (non-hydrogen) atoms. The molecule has 3 aromatic rings. The Balaban J connectivity index is 1.31. The minimum Gasteiger partial charge on any atom is -0.490 e. The Morgan fingerprint density at radius 2 is 2.02 bits per heavy atom. The van der Waals surface area contributed by atoms with Crippen LogP contribution >= 0.6 is 23.2 Å². The smallest absolute Gasteiger partial charge is 0.286 e. The van der Waals surface area contributed by atoms with Gasteiger partial charge in [-0.1, -0.05) is 48.3 Å². The number of aryl methyl sites for hydroxylation is 2. The van der Waals surface area contributed by atoms with Gasteiger partial charge in [0.15, 0.2) is 5.15 Å². The zero-order chi connectivity index (χ0) is 35.2. The zero-order valence-corrected chi connectivity index (χ0v) is 30.9. The summed E-state index contributed by atoms with van der Waals surface area (Å²) in [5.41, 5.74) is 3.37. The first-order valence-electron chi connectivity index (χ1n) is 17.3. The summed E-state index contributed by atoms with van der Waals surface area (Å²) in [5, 5.41) is 4.72. The van der Waals surface area contributed by atoms with E-state index in [0.717, 1.165) is 49.4 Å². The quantitative estimate of drug-likeness (QED) is 0.294. The number of anilines is 1. The summed E-state index contributed by atoms with van der Waals surface area (Å²) in [6, 6.07) is 11.5. The van der Waals surface area contributed by atoms with Crippen LogP contribution in [0.1, 0.15) is 70.9 Å². The number of hydrogen-bond acceptors (Lipinski definition) is 7. The van der Waals surface area contributed by atoms with Crippen LogP contribution in [0.3, 0.4) is 0 Å².